The van der Waals surface area contributed by atoms with Gasteiger partial charge in [0.15, 0.2) is 12.2 Å². The molecular formula is C39H55N3O20Y-2. The number of allylic oxidation sites excluding steroid dienone is 1. The number of carboxylic acid groups (broad SMARTS) is 2. The van der Waals surface area contributed by atoms with Gasteiger partial charge < -0.3 is 87.2 Å². The Labute approximate surface area is 388 Å². The summed E-state index contributed by atoms with van der Waals surface area (Å²) >= 11 is 0. The number of nitro groups is 1. The molecule has 0 aliphatic carbocycles. The van der Waals surface area contributed by atoms with Gasteiger partial charge in [-0.3, -0.25) is 21.6 Å². The molecule has 2 saturated heterocycles. The largest absolute Gasteiger partial charge is 0.507 e. The van der Waals surface area contributed by atoms with E-state index in [1.807, 2.05) is 0 Å². The molecule has 10 atom stereocenters. The molecule has 0 bridgehead atoms. The third-order valence-corrected chi connectivity index (χ3v) is 9.03. The van der Waals surface area contributed by atoms with Crippen LogP contribution in [0.5, 0.6) is 11.5 Å². The van der Waals surface area contributed by atoms with Crippen LogP contribution in [0, 0.1) is 43.9 Å². The zero-order valence-corrected chi connectivity index (χ0v) is 37.6. The van der Waals surface area contributed by atoms with Crippen molar-refractivity contribution in [1.82, 2.24) is 4.90 Å². The third kappa shape index (κ3) is 15.0. The monoisotopic (exact) mass is 974 g/mol. The number of carbonyl (C=O) groups excluding carboxylic acids is 2. The number of rotatable bonds is 11. The Morgan fingerprint density at radius 1 is 0.794 bits per heavy atom. The SMILES string of the molecule is C.C=[C-]C.COC(=O)N(C)c1cc([N+](=O)[O-])c(C)cc1OC1OC(C(=O)O)C(O)C(O)C1O.[CH2-]CN(C)C(=O)OCc1cc(C)c(OC2OC(C(=O)O)C(O)C(O)C2O)cc1C.[Y]. The first-order valence-corrected chi connectivity index (χ1v) is 18.0. The summed E-state index contributed by atoms with van der Waals surface area (Å²) < 4.78 is 31.0. The molecule has 4 rings (SSSR count). The van der Waals surface area contributed by atoms with Crippen LogP contribution in [0.3, 0.4) is 0 Å². The molecule has 2 aliphatic heterocycles. The number of carboxylic acids is 2. The number of hydrogen-bond donors (Lipinski definition) is 8. The zero-order valence-electron chi connectivity index (χ0n) is 34.8. The van der Waals surface area contributed by atoms with Crippen molar-refractivity contribution < 1.29 is 126 Å². The first-order valence-electron chi connectivity index (χ1n) is 18.0. The smallest absolute Gasteiger partial charge is 0.413 e. The van der Waals surface area contributed by atoms with Gasteiger partial charge in [0.1, 0.15) is 54.7 Å². The number of ether oxygens (including phenoxy) is 6. The average Bonchev–Trinajstić information content (AvgIpc) is 3.20. The Hall–Kier alpha value is -4.56. The number of nitro benzene ring substituents is 1. The fourth-order valence-electron chi connectivity index (χ4n) is 5.47. The second kappa shape index (κ2) is 26.3. The standard InChI is InChI=1S/C19H26NO9.C16H20N2O11.C3H5.CH4.Y/c1-5-20(4)19(26)27-8-11-6-10(3)12(7-9(11)2)28-18-15(23)13(21)14(22)16(29-18)17(24)25;1-6-4-9(8(5-7(6)18(25)26)17(2)16(24)27-3)28-15-12(21)10(19)11(20)13(29-15)14(22)23;1-3-2;;/h6-7,13-16,18,21-23H,1,5,8H2,2-4H3,(H,24,25);4-5,10-13,15,19-21H,1-3H3,(H,22,23);1H2,2H3;1H4;/q-1;;-1;;. The molecule has 2 fully saturated rings. The van der Waals surface area contributed by atoms with Crippen LogP contribution in [-0.4, -0.2) is 164 Å². The van der Waals surface area contributed by atoms with Gasteiger partial charge in [0.25, 0.3) is 5.69 Å². The van der Waals surface area contributed by atoms with Crippen molar-refractivity contribution in [3.8, 4) is 11.5 Å². The minimum atomic E-state index is -1.92. The fraction of sp³-hybridized carbons (Fsp3) is 0.513. The van der Waals surface area contributed by atoms with Crippen LogP contribution < -0.4 is 14.4 Å². The van der Waals surface area contributed by atoms with Crippen molar-refractivity contribution in [3.63, 3.8) is 0 Å². The summed E-state index contributed by atoms with van der Waals surface area (Å²) in [6.07, 6.45) is -16.7. The fourth-order valence-corrected chi connectivity index (χ4v) is 5.47. The van der Waals surface area contributed by atoms with Gasteiger partial charge >= 0.3 is 24.1 Å². The maximum Gasteiger partial charge on any atom is 0.413 e. The van der Waals surface area contributed by atoms with Crippen molar-refractivity contribution in [2.24, 2.45) is 0 Å². The molecule has 63 heavy (non-hydrogen) atoms. The molecule has 2 aromatic carbocycles. The number of anilines is 1. The van der Waals surface area contributed by atoms with Crippen molar-refractivity contribution in [2.75, 3.05) is 32.6 Å². The summed E-state index contributed by atoms with van der Waals surface area (Å²) in [6.45, 7) is 13.8. The number of nitrogens with zero attached hydrogens (tertiary/aromatic N) is 3. The van der Waals surface area contributed by atoms with Gasteiger partial charge in [-0.15, -0.1) is 6.54 Å². The predicted octanol–water partition coefficient (Wildman–Crippen LogP) is 0.983. The molecule has 351 valence electrons. The summed E-state index contributed by atoms with van der Waals surface area (Å²) in [5, 5.41) is 88.9. The minimum absolute atomic E-state index is 0. The van der Waals surface area contributed by atoms with E-state index >= 15 is 0 Å². The van der Waals surface area contributed by atoms with E-state index in [0.29, 0.717) is 5.56 Å². The first kappa shape index (κ1) is 58.4. The number of methoxy groups -OCH3 is 1. The Morgan fingerprint density at radius 3 is 1.65 bits per heavy atom. The maximum atomic E-state index is 11.9. The first-order chi connectivity index (χ1) is 28.5. The van der Waals surface area contributed by atoms with Crippen LogP contribution in [0.1, 0.15) is 36.6 Å². The number of benzene rings is 2. The summed E-state index contributed by atoms with van der Waals surface area (Å²) in [7, 11) is 3.89. The van der Waals surface area contributed by atoms with Crippen molar-refractivity contribution in [2.45, 2.75) is 103 Å². The van der Waals surface area contributed by atoms with E-state index in [1.54, 1.807) is 40.0 Å². The Bertz CT molecular complexity index is 1890. The van der Waals surface area contributed by atoms with Gasteiger partial charge in [0.2, 0.25) is 12.6 Å². The van der Waals surface area contributed by atoms with E-state index in [1.165, 1.54) is 24.9 Å². The molecule has 8 N–H and O–H groups in total. The molecule has 1 radical (unpaired) electrons. The van der Waals surface area contributed by atoms with Crippen LogP contribution in [0.4, 0.5) is 21.0 Å². The second-order valence-electron chi connectivity index (χ2n) is 13.5. The Kier molecular flexibility index (Phi) is 24.4. The normalized spacial score (nSPS) is 24.7. The summed E-state index contributed by atoms with van der Waals surface area (Å²) in [4.78, 5) is 58.8. The molecule has 0 spiro atoms. The average molecular weight is 975 g/mol. The van der Waals surface area contributed by atoms with E-state index in [-0.39, 0.29) is 81.7 Å². The third-order valence-electron chi connectivity index (χ3n) is 9.03. The number of aliphatic carboxylic acids is 2. The molecule has 2 heterocycles. The van der Waals surface area contributed by atoms with E-state index < -0.39 is 90.5 Å². The van der Waals surface area contributed by atoms with Crippen molar-refractivity contribution >= 4 is 35.5 Å². The summed E-state index contributed by atoms with van der Waals surface area (Å²) in [5.74, 6) is -3.01. The van der Waals surface area contributed by atoms with Gasteiger partial charge in [-0.25, -0.2) is 19.2 Å². The number of aliphatic hydroxyl groups is 6. The second-order valence-corrected chi connectivity index (χ2v) is 13.5. The molecule has 24 heteroatoms. The number of carbonyl (C=O) groups is 4. The molecule has 2 aromatic rings. The molecule has 23 nitrogen and oxygen atoms in total. The van der Waals surface area contributed by atoms with E-state index in [4.69, 9.17) is 33.9 Å². The summed E-state index contributed by atoms with van der Waals surface area (Å²) in [5.41, 5.74) is 1.70. The molecule has 2 aliphatic rings. The predicted molar refractivity (Wildman–Crippen MR) is 214 cm³/mol. The number of aliphatic hydroxyl groups excluding tert-OH is 6. The molecule has 0 aromatic heterocycles. The quantitative estimate of drug-likeness (QED) is 0.0884. The van der Waals surface area contributed by atoms with Gasteiger partial charge in [0.05, 0.1) is 17.7 Å². The Balaban J connectivity index is 0.00000111. The maximum absolute atomic E-state index is 11.9. The number of aryl methyl sites for hydroxylation is 3. The topological polar surface area (TPSA) is 335 Å². The van der Waals surface area contributed by atoms with Crippen LogP contribution in [0.2, 0.25) is 0 Å². The Morgan fingerprint density at radius 2 is 1.24 bits per heavy atom. The summed E-state index contributed by atoms with van der Waals surface area (Å²) in [6, 6.07) is 5.54. The van der Waals surface area contributed by atoms with Crippen molar-refractivity contribution in [1.29, 1.82) is 0 Å². The zero-order chi connectivity index (χ0) is 46.6. The number of hydrogen-bond acceptors (Lipinski definition) is 18. The van der Waals surface area contributed by atoms with Gasteiger partial charge in [-0.1, -0.05) is 7.43 Å². The van der Waals surface area contributed by atoms with Crippen molar-refractivity contribution in [3.05, 3.63) is 76.2 Å². The molecule has 10 unspecified atom stereocenters. The molecular weight excluding hydrogens is 919 g/mol. The molecule has 0 saturated carbocycles. The van der Waals surface area contributed by atoms with E-state index in [0.717, 1.165) is 29.2 Å². The van der Waals surface area contributed by atoms with E-state index in [9.17, 15) is 59.9 Å². The molecule has 2 amide bonds. The van der Waals surface area contributed by atoms with Crippen LogP contribution >= 0.6 is 0 Å². The van der Waals surface area contributed by atoms with E-state index in [2.05, 4.69) is 24.3 Å². The van der Waals surface area contributed by atoms with Crippen LogP contribution in [0.25, 0.3) is 0 Å². The van der Waals surface area contributed by atoms with Gasteiger partial charge in [-0.2, -0.15) is 6.92 Å². The van der Waals surface area contributed by atoms with Crippen LogP contribution in [0.15, 0.2) is 30.8 Å². The number of amides is 2. The van der Waals surface area contributed by atoms with Gasteiger partial charge in [-0.05, 0) is 55.7 Å². The van der Waals surface area contributed by atoms with Gasteiger partial charge in [0, 0.05) is 58.4 Å². The van der Waals surface area contributed by atoms with Crippen LogP contribution in [-0.2, 0) is 67.9 Å². The minimum Gasteiger partial charge on any atom is -0.507 e.